The van der Waals surface area contributed by atoms with Gasteiger partial charge in [0.05, 0.1) is 6.10 Å². The number of carboxylic acids is 1. The summed E-state index contributed by atoms with van der Waals surface area (Å²) in [5.41, 5.74) is -0.0640. The Morgan fingerprint density at radius 2 is 1.89 bits per heavy atom. The van der Waals surface area contributed by atoms with Crippen LogP contribution < -0.4 is 5.32 Å². The Bertz CT molecular complexity index is 289. The lowest BCUT2D eigenvalue weighted by atomic mass is 9.84. The van der Waals surface area contributed by atoms with Crippen LogP contribution in [0, 0.1) is 5.41 Å². The molecule has 0 aromatic heterocycles. The average Bonchev–Trinajstić information content (AvgIpc) is 2.33. The highest BCUT2D eigenvalue weighted by atomic mass is 16.5. The van der Waals surface area contributed by atoms with Gasteiger partial charge in [-0.3, -0.25) is 9.59 Å². The fourth-order valence-electron chi connectivity index (χ4n) is 1.65. The van der Waals surface area contributed by atoms with Crippen molar-refractivity contribution < 1.29 is 19.4 Å². The zero-order valence-electron chi connectivity index (χ0n) is 12.5. The molecule has 0 saturated carbocycles. The van der Waals surface area contributed by atoms with Crippen molar-refractivity contribution in [2.45, 2.75) is 59.0 Å². The number of carbonyl (C=O) groups excluding carboxylic acids is 1. The van der Waals surface area contributed by atoms with Crippen LogP contribution in [0.25, 0.3) is 0 Å². The third-order valence-electron chi connectivity index (χ3n) is 3.32. The first kappa shape index (κ1) is 17.9. The lowest BCUT2D eigenvalue weighted by Gasteiger charge is -2.23. The topological polar surface area (TPSA) is 75.6 Å². The highest BCUT2D eigenvalue weighted by Crippen LogP contribution is 2.25. The van der Waals surface area contributed by atoms with E-state index < -0.39 is 5.97 Å². The number of ether oxygens (including phenoxy) is 1. The van der Waals surface area contributed by atoms with Crippen molar-refractivity contribution in [3.63, 3.8) is 0 Å². The maximum atomic E-state index is 11.6. The molecule has 19 heavy (non-hydrogen) atoms. The van der Waals surface area contributed by atoms with E-state index in [0.29, 0.717) is 25.8 Å². The second-order valence-corrected chi connectivity index (χ2v) is 5.74. The Balaban J connectivity index is 3.76. The summed E-state index contributed by atoms with van der Waals surface area (Å²) < 4.78 is 5.08. The molecule has 0 aromatic rings. The van der Waals surface area contributed by atoms with E-state index in [1.54, 1.807) is 7.11 Å². The van der Waals surface area contributed by atoms with Crippen LogP contribution in [0.5, 0.6) is 0 Å². The van der Waals surface area contributed by atoms with Crippen molar-refractivity contribution in [2.24, 2.45) is 5.41 Å². The first-order chi connectivity index (χ1) is 8.76. The monoisotopic (exact) mass is 273 g/mol. The number of rotatable bonds is 10. The molecule has 0 radical (unpaired) electrons. The van der Waals surface area contributed by atoms with Crippen molar-refractivity contribution in [3.05, 3.63) is 0 Å². The van der Waals surface area contributed by atoms with E-state index in [1.165, 1.54) is 0 Å². The largest absolute Gasteiger partial charge is 0.481 e. The maximum absolute atomic E-state index is 11.6. The smallest absolute Gasteiger partial charge is 0.303 e. The molecular weight excluding hydrogens is 246 g/mol. The lowest BCUT2D eigenvalue weighted by Crippen LogP contribution is -2.29. The van der Waals surface area contributed by atoms with Crippen LogP contribution in [-0.4, -0.2) is 36.7 Å². The van der Waals surface area contributed by atoms with E-state index in [2.05, 4.69) is 5.32 Å². The van der Waals surface area contributed by atoms with Crippen LogP contribution in [0.1, 0.15) is 52.9 Å². The second-order valence-electron chi connectivity index (χ2n) is 5.74. The highest BCUT2D eigenvalue weighted by Gasteiger charge is 2.19. The van der Waals surface area contributed by atoms with Crippen LogP contribution in [0.15, 0.2) is 0 Å². The third kappa shape index (κ3) is 10.5. The minimum absolute atomic E-state index is 0.0259. The zero-order valence-corrected chi connectivity index (χ0v) is 12.5. The Kier molecular flexibility index (Phi) is 8.39. The quantitative estimate of drug-likeness (QED) is 0.640. The molecule has 0 spiro atoms. The minimum atomic E-state index is -0.773. The number of carbonyl (C=O) groups is 2. The van der Waals surface area contributed by atoms with Crippen molar-refractivity contribution in [3.8, 4) is 0 Å². The van der Waals surface area contributed by atoms with Gasteiger partial charge in [0, 0.05) is 26.5 Å². The van der Waals surface area contributed by atoms with E-state index in [9.17, 15) is 9.59 Å². The number of amides is 1. The SMILES string of the molecule is COC(C)CCC(=O)NCCC(C)(C)CCC(=O)O. The van der Waals surface area contributed by atoms with E-state index in [4.69, 9.17) is 9.84 Å². The van der Waals surface area contributed by atoms with Crippen LogP contribution >= 0.6 is 0 Å². The molecule has 112 valence electrons. The lowest BCUT2D eigenvalue weighted by molar-refractivity contribution is -0.137. The molecule has 5 heteroatoms. The summed E-state index contributed by atoms with van der Waals surface area (Å²) in [6, 6.07) is 0. The fraction of sp³-hybridized carbons (Fsp3) is 0.857. The van der Waals surface area contributed by atoms with Gasteiger partial charge in [-0.2, -0.15) is 0 Å². The molecule has 1 atom stereocenters. The molecule has 0 rings (SSSR count). The van der Waals surface area contributed by atoms with Crippen LogP contribution in [0.2, 0.25) is 0 Å². The molecule has 0 bridgehead atoms. The predicted molar refractivity (Wildman–Crippen MR) is 74.0 cm³/mol. The van der Waals surface area contributed by atoms with Gasteiger partial charge in [0.25, 0.3) is 0 Å². The summed E-state index contributed by atoms with van der Waals surface area (Å²) in [7, 11) is 1.63. The molecule has 0 fully saturated rings. The Morgan fingerprint density at radius 3 is 2.42 bits per heavy atom. The van der Waals surface area contributed by atoms with Gasteiger partial charge in [-0.15, -0.1) is 0 Å². The molecule has 0 aromatic carbocycles. The fourth-order valence-corrected chi connectivity index (χ4v) is 1.65. The van der Waals surface area contributed by atoms with E-state index in [1.807, 2.05) is 20.8 Å². The molecule has 2 N–H and O–H groups in total. The standard InChI is InChI=1S/C14H27NO4/c1-11(19-4)5-6-12(16)15-10-9-14(2,3)8-7-13(17)18/h11H,5-10H2,1-4H3,(H,15,16)(H,17,18). The van der Waals surface area contributed by atoms with Gasteiger partial charge >= 0.3 is 5.97 Å². The molecule has 5 nitrogen and oxygen atoms in total. The number of hydrogen-bond donors (Lipinski definition) is 2. The van der Waals surface area contributed by atoms with Crippen molar-refractivity contribution in [2.75, 3.05) is 13.7 Å². The Morgan fingerprint density at radius 1 is 1.26 bits per heavy atom. The molecule has 1 amide bonds. The average molecular weight is 273 g/mol. The molecule has 1 unspecified atom stereocenters. The van der Waals surface area contributed by atoms with Gasteiger partial charge in [0.15, 0.2) is 0 Å². The van der Waals surface area contributed by atoms with Gasteiger partial charge in [0.1, 0.15) is 0 Å². The molecule has 0 aliphatic rings. The molecular formula is C14H27NO4. The maximum Gasteiger partial charge on any atom is 0.303 e. The molecule has 0 aliphatic carbocycles. The Labute approximate surface area is 115 Å². The first-order valence-corrected chi connectivity index (χ1v) is 6.78. The number of aliphatic carboxylic acids is 1. The Hall–Kier alpha value is -1.10. The van der Waals surface area contributed by atoms with Crippen LogP contribution in [0.3, 0.4) is 0 Å². The van der Waals surface area contributed by atoms with E-state index >= 15 is 0 Å². The van der Waals surface area contributed by atoms with Crippen molar-refractivity contribution in [1.29, 1.82) is 0 Å². The number of carboxylic acid groups (broad SMARTS) is 1. The first-order valence-electron chi connectivity index (χ1n) is 6.78. The van der Waals surface area contributed by atoms with Gasteiger partial charge < -0.3 is 15.2 Å². The van der Waals surface area contributed by atoms with Gasteiger partial charge in [0.2, 0.25) is 5.91 Å². The predicted octanol–water partition coefficient (Wildman–Crippen LogP) is 2.20. The summed E-state index contributed by atoms with van der Waals surface area (Å²) in [5.74, 6) is -0.747. The summed E-state index contributed by atoms with van der Waals surface area (Å²) in [5, 5.41) is 11.5. The normalized spacial score (nSPS) is 13.1. The minimum Gasteiger partial charge on any atom is -0.481 e. The van der Waals surface area contributed by atoms with Crippen LogP contribution in [0.4, 0.5) is 0 Å². The summed E-state index contributed by atoms with van der Waals surface area (Å²) in [6.45, 7) is 6.57. The molecule has 0 heterocycles. The van der Waals surface area contributed by atoms with Crippen molar-refractivity contribution in [1.82, 2.24) is 5.32 Å². The third-order valence-corrected chi connectivity index (χ3v) is 3.32. The number of methoxy groups -OCH3 is 1. The van der Waals surface area contributed by atoms with Gasteiger partial charge in [-0.25, -0.2) is 0 Å². The van der Waals surface area contributed by atoms with Gasteiger partial charge in [-0.1, -0.05) is 13.8 Å². The second kappa shape index (κ2) is 8.91. The molecule has 0 aliphatic heterocycles. The zero-order chi connectivity index (χ0) is 14.9. The molecule has 0 saturated heterocycles. The summed E-state index contributed by atoms with van der Waals surface area (Å²) in [4.78, 5) is 22.1. The van der Waals surface area contributed by atoms with Gasteiger partial charge in [-0.05, 0) is 31.6 Å². The summed E-state index contributed by atoms with van der Waals surface area (Å²) >= 11 is 0. The van der Waals surface area contributed by atoms with E-state index in [-0.39, 0.29) is 23.8 Å². The van der Waals surface area contributed by atoms with Crippen LogP contribution in [-0.2, 0) is 14.3 Å². The van der Waals surface area contributed by atoms with Crippen molar-refractivity contribution >= 4 is 11.9 Å². The number of hydrogen-bond acceptors (Lipinski definition) is 3. The summed E-state index contributed by atoms with van der Waals surface area (Å²) in [6.07, 6.45) is 2.85. The highest BCUT2D eigenvalue weighted by molar-refractivity contribution is 5.75. The number of nitrogens with one attached hydrogen (secondary N) is 1. The van der Waals surface area contributed by atoms with E-state index in [0.717, 1.165) is 6.42 Å².